The molecule has 3 rings (SSSR count). The number of hydrogen-bond acceptors (Lipinski definition) is 5. The van der Waals surface area contributed by atoms with Crippen LogP contribution in [0, 0.1) is 0 Å². The molecule has 1 saturated heterocycles. The van der Waals surface area contributed by atoms with Crippen molar-refractivity contribution in [1.29, 1.82) is 0 Å². The number of piperazine rings is 1. The Balaban J connectivity index is 1.54. The largest absolute Gasteiger partial charge is 0.418 e. The van der Waals surface area contributed by atoms with Gasteiger partial charge in [0.05, 0.1) is 6.54 Å². The lowest BCUT2D eigenvalue weighted by molar-refractivity contribution is -0.340. The van der Waals surface area contributed by atoms with E-state index in [9.17, 15) is 13.2 Å². The van der Waals surface area contributed by atoms with E-state index in [-0.39, 0.29) is 0 Å². The van der Waals surface area contributed by atoms with Crippen LogP contribution in [0.1, 0.15) is 19.4 Å². The van der Waals surface area contributed by atoms with E-state index in [1.807, 2.05) is 29.2 Å². The molecular weight excluding hydrogens is 383 g/mol. The Morgan fingerprint density at radius 1 is 1.07 bits per heavy atom. The van der Waals surface area contributed by atoms with Gasteiger partial charge in [-0.1, -0.05) is 23.7 Å². The van der Waals surface area contributed by atoms with Gasteiger partial charge in [0.15, 0.2) is 5.60 Å². The van der Waals surface area contributed by atoms with Gasteiger partial charge in [-0.15, -0.1) is 5.10 Å². The molecule has 0 unspecified atom stereocenters. The van der Waals surface area contributed by atoms with Crippen LogP contribution in [-0.4, -0.2) is 57.8 Å². The maximum atomic E-state index is 12.9. The SMILES string of the molecule is CC(C)(ON1CCN(c2ncn(Cc3ccc(Cl)cc3)n2)CC1)C(F)(F)F. The first kappa shape index (κ1) is 19.9. The molecule has 6 nitrogen and oxygen atoms in total. The number of anilines is 1. The van der Waals surface area contributed by atoms with Crippen LogP contribution in [0.5, 0.6) is 0 Å². The molecule has 1 aliphatic rings. The fraction of sp³-hybridized carbons (Fsp3) is 0.529. The van der Waals surface area contributed by atoms with Crippen molar-refractivity contribution in [2.45, 2.75) is 32.2 Å². The maximum Gasteiger partial charge on any atom is 0.418 e. The Bertz CT molecular complexity index is 755. The smallest absolute Gasteiger partial charge is 0.337 e. The molecule has 0 bridgehead atoms. The van der Waals surface area contributed by atoms with E-state index in [2.05, 4.69) is 10.1 Å². The second-order valence-corrected chi connectivity index (χ2v) is 7.32. The van der Waals surface area contributed by atoms with Crippen molar-refractivity contribution < 1.29 is 18.0 Å². The minimum Gasteiger partial charge on any atom is -0.337 e. The first-order valence-corrected chi connectivity index (χ1v) is 8.91. The minimum absolute atomic E-state index is 0.339. The van der Waals surface area contributed by atoms with Gasteiger partial charge in [-0.05, 0) is 31.5 Å². The molecule has 10 heteroatoms. The van der Waals surface area contributed by atoms with Crippen molar-refractivity contribution in [3.8, 4) is 0 Å². The fourth-order valence-electron chi connectivity index (χ4n) is 2.64. The molecule has 148 valence electrons. The molecule has 0 spiro atoms. The second-order valence-electron chi connectivity index (χ2n) is 6.88. The van der Waals surface area contributed by atoms with Gasteiger partial charge in [0.1, 0.15) is 6.33 Å². The van der Waals surface area contributed by atoms with Crippen molar-refractivity contribution >= 4 is 17.5 Å². The van der Waals surface area contributed by atoms with Crippen molar-refractivity contribution in [3.63, 3.8) is 0 Å². The maximum absolute atomic E-state index is 12.9. The number of hydroxylamine groups is 2. The number of rotatable bonds is 5. The normalized spacial score (nSPS) is 16.7. The molecule has 0 saturated carbocycles. The molecule has 1 aromatic heterocycles. The van der Waals surface area contributed by atoms with Gasteiger partial charge >= 0.3 is 6.18 Å². The highest BCUT2D eigenvalue weighted by atomic mass is 35.5. The zero-order valence-corrected chi connectivity index (χ0v) is 15.8. The number of halogens is 4. The van der Waals surface area contributed by atoms with Crippen LogP contribution >= 0.6 is 11.6 Å². The number of hydrogen-bond donors (Lipinski definition) is 0. The molecule has 2 aromatic rings. The summed E-state index contributed by atoms with van der Waals surface area (Å²) in [6, 6.07) is 7.47. The van der Waals surface area contributed by atoms with Crippen LogP contribution in [0.3, 0.4) is 0 Å². The third-order valence-electron chi connectivity index (χ3n) is 4.34. The molecule has 1 aliphatic heterocycles. The monoisotopic (exact) mass is 403 g/mol. The summed E-state index contributed by atoms with van der Waals surface area (Å²) < 4.78 is 40.5. The molecule has 0 amide bonds. The van der Waals surface area contributed by atoms with E-state index >= 15 is 0 Å². The summed E-state index contributed by atoms with van der Waals surface area (Å²) >= 11 is 5.88. The van der Waals surface area contributed by atoms with E-state index in [0.717, 1.165) is 19.4 Å². The predicted octanol–water partition coefficient (Wildman–Crippen LogP) is 3.37. The number of aromatic nitrogens is 3. The summed E-state index contributed by atoms with van der Waals surface area (Å²) in [6.45, 7) is 4.26. The molecule has 0 N–H and O–H groups in total. The molecular formula is C17H21ClF3N5O. The average molecular weight is 404 g/mol. The first-order valence-electron chi connectivity index (χ1n) is 8.54. The van der Waals surface area contributed by atoms with E-state index in [0.29, 0.717) is 43.7 Å². The highest BCUT2D eigenvalue weighted by Crippen LogP contribution is 2.33. The summed E-state index contributed by atoms with van der Waals surface area (Å²) in [6.07, 6.45) is -2.79. The highest BCUT2D eigenvalue weighted by molar-refractivity contribution is 6.30. The quantitative estimate of drug-likeness (QED) is 0.766. The minimum atomic E-state index is -4.42. The Morgan fingerprint density at radius 2 is 1.70 bits per heavy atom. The lowest BCUT2D eigenvalue weighted by Crippen LogP contribution is -2.53. The van der Waals surface area contributed by atoms with E-state index < -0.39 is 11.8 Å². The number of benzene rings is 1. The number of nitrogens with zero attached hydrogens (tertiary/aromatic N) is 5. The van der Waals surface area contributed by atoms with Gasteiger partial charge in [-0.3, -0.25) is 4.84 Å². The van der Waals surface area contributed by atoms with Crippen LogP contribution in [0.2, 0.25) is 5.02 Å². The zero-order chi connectivity index (χ0) is 19.7. The number of alkyl halides is 3. The Kier molecular flexibility index (Phi) is 5.64. The summed E-state index contributed by atoms with van der Waals surface area (Å²) in [4.78, 5) is 11.4. The average Bonchev–Trinajstić information content (AvgIpc) is 3.05. The van der Waals surface area contributed by atoms with E-state index in [1.54, 1.807) is 11.0 Å². The van der Waals surface area contributed by atoms with Crippen LogP contribution in [-0.2, 0) is 11.4 Å². The van der Waals surface area contributed by atoms with Crippen LogP contribution in [0.15, 0.2) is 30.6 Å². The predicted molar refractivity (Wildman–Crippen MR) is 95.6 cm³/mol. The van der Waals surface area contributed by atoms with Crippen molar-refractivity contribution in [1.82, 2.24) is 19.8 Å². The van der Waals surface area contributed by atoms with Gasteiger partial charge in [-0.25, -0.2) is 9.67 Å². The third kappa shape index (κ3) is 4.91. The van der Waals surface area contributed by atoms with Crippen molar-refractivity contribution in [3.05, 3.63) is 41.2 Å². The summed E-state index contributed by atoms with van der Waals surface area (Å²) in [7, 11) is 0. The topological polar surface area (TPSA) is 46.4 Å². The van der Waals surface area contributed by atoms with Gasteiger partial charge in [0.25, 0.3) is 0 Å². The standard InChI is InChI=1S/C17H21ClF3N5O/c1-16(2,17(19,20)21)27-26-9-7-24(8-10-26)15-22-12-25(23-15)11-13-3-5-14(18)6-4-13/h3-6,12H,7-11H2,1-2H3. The third-order valence-corrected chi connectivity index (χ3v) is 4.60. The fourth-order valence-corrected chi connectivity index (χ4v) is 2.76. The Labute approximate surface area is 160 Å². The Hall–Kier alpha value is -1.84. The molecule has 1 fully saturated rings. The molecule has 2 heterocycles. The lowest BCUT2D eigenvalue weighted by atomic mass is 10.1. The van der Waals surface area contributed by atoms with Crippen LogP contribution < -0.4 is 4.90 Å². The van der Waals surface area contributed by atoms with Crippen LogP contribution in [0.25, 0.3) is 0 Å². The molecule has 1 aromatic carbocycles. The second kappa shape index (κ2) is 7.65. The van der Waals surface area contributed by atoms with E-state index in [1.165, 1.54) is 5.06 Å². The molecule has 0 atom stereocenters. The van der Waals surface area contributed by atoms with Gasteiger partial charge in [0, 0.05) is 31.2 Å². The van der Waals surface area contributed by atoms with Gasteiger partial charge < -0.3 is 4.90 Å². The highest BCUT2D eigenvalue weighted by Gasteiger charge is 2.50. The van der Waals surface area contributed by atoms with Gasteiger partial charge in [-0.2, -0.15) is 18.2 Å². The first-order chi connectivity index (χ1) is 12.6. The van der Waals surface area contributed by atoms with Gasteiger partial charge in [0.2, 0.25) is 5.95 Å². The molecule has 0 radical (unpaired) electrons. The molecule has 0 aliphatic carbocycles. The lowest BCUT2D eigenvalue weighted by Gasteiger charge is -2.38. The van der Waals surface area contributed by atoms with Crippen molar-refractivity contribution in [2.75, 3.05) is 31.1 Å². The molecule has 27 heavy (non-hydrogen) atoms. The van der Waals surface area contributed by atoms with Crippen LogP contribution in [0.4, 0.5) is 19.1 Å². The summed E-state index contributed by atoms with van der Waals surface area (Å²) in [5.41, 5.74) is -1.17. The van der Waals surface area contributed by atoms with E-state index in [4.69, 9.17) is 16.4 Å². The zero-order valence-electron chi connectivity index (χ0n) is 15.1. The summed E-state index contributed by atoms with van der Waals surface area (Å²) in [5, 5.41) is 6.48. The summed E-state index contributed by atoms with van der Waals surface area (Å²) in [5.74, 6) is 0.554. The van der Waals surface area contributed by atoms with Crippen molar-refractivity contribution in [2.24, 2.45) is 0 Å². The Morgan fingerprint density at radius 3 is 2.30 bits per heavy atom.